The van der Waals surface area contributed by atoms with E-state index < -0.39 is 9.57 Å². The van der Waals surface area contributed by atoms with Crippen molar-refractivity contribution in [1.29, 1.82) is 0 Å². The van der Waals surface area contributed by atoms with Gasteiger partial charge in [0.2, 0.25) is 0 Å². The quantitative estimate of drug-likeness (QED) is 0.819. The first-order valence-corrected chi connectivity index (χ1v) is 6.89. The van der Waals surface area contributed by atoms with Crippen molar-refractivity contribution in [3.05, 3.63) is 28.7 Å². The predicted octanol–water partition coefficient (Wildman–Crippen LogP) is 4.41. The lowest BCUT2D eigenvalue weighted by atomic mass is 10.3. The lowest BCUT2D eigenvalue weighted by Crippen LogP contribution is -2.28. The van der Waals surface area contributed by atoms with Crippen molar-refractivity contribution >= 4 is 72.4 Å². The van der Waals surface area contributed by atoms with Gasteiger partial charge in [0.05, 0.1) is 0 Å². The number of hydrogen-bond acceptors (Lipinski definition) is 2. The fourth-order valence-electron chi connectivity index (χ4n) is 0.805. The molecule has 1 N–H and O–H groups in total. The summed E-state index contributed by atoms with van der Waals surface area (Å²) in [4.78, 5) is 11.5. The smallest absolute Gasteiger partial charge is 0.272 e. The van der Waals surface area contributed by atoms with Crippen LogP contribution in [0.1, 0.15) is 0 Å². The molecule has 0 radical (unpaired) electrons. The van der Waals surface area contributed by atoms with Crippen molar-refractivity contribution < 1.29 is 4.79 Å². The van der Waals surface area contributed by atoms with E-state index in [2.05, 4.69) is 21.2 Å². The largest absolute Gasteiger partial charge is 0.323 e. The fourth-order valence-corrected chi connectivity index (χ4v) is 1.63. The van der Waals surface area contributed by atoms with Gasteiger partial charge in [-0.25, -0.2) is 0 Å². The van der Waals surface area contributed by atoms with E-state index in [1.54, 1.807) is 18.2 Å². The number of hydrogen-bond donors (Lipinski definition) is 1. The molecule has 0 fully saturated rings. The van der Waals surface area contributed by atoms with Crippen LogP contribution >= 0.6 is 60.8 Å². The van der Waals surface area contributed by atoms with Crippen molar-refractivity contribution in [1.82, 2.24) is 0 Å². The summed E-state index contributed by atoms with van der Waals surface area (Å²) in [7, 11) is 5.91. The molecule has 1 rings (SSSR count). The van der Waals surface area contributed by atoms with E-state index >= 15 is 0 Å². The molecule has 0 aliphatic carbocycles. The Labute approximate surface area is 114 Å². The second kappa shape index (κ2) is 5.64. The van der Waals surface area contributed by atoms with Crippen molar-refractivity contribution in [2.45, 2.75) is 3.67 Å². The molecule has 0 spiro atoms. The second-order valence-electron chi connectivity index (χ2n) is 2.56. The molecule has 0 aliphatic heterocycles. The van der Waals surface area contributed by atoms with Gasteiger partial charge in [-0.15, -0.1) is 0 Å². The number of benzene rings is 1. The van der Waals surface area contributed by atoms with E-state index in [0.717, 1.165) is 4.47 Å². The first kappa shape index (κ1) is 13.5. The summed E-state index contributed by atoms with van der Waals surface area (Å²) in [6, 6.07) is 7.05. The van der Waals surface area contributed by atoms with Crippen LogP contribution in [0.15, 0.2) is 28.7 Å². The Kier molecular flexibility index (Phi) is 5.06. The minimum absolute atomic E-state index is 0.538. The van der Waals surface area contributed by atoms with Gasteiger partial charge in [-0.05, 0) is 39.9 Å². The van der Waals surface area contributed by atoms with Gasteiger partial charge in [0.1, 0.15) is 0 Å². The third-order valence-corrected chi connectivity index (χ3v) is 4.29. The number of carbonyl (C=O) groups excluding carboxylic acids is 1. The average molecular weight is 349 g/mol. The topological polar surface area (TPSA) is 29.1 Å². The maximum atomic E-state index is 11.5. The molecular formula is C8H5BrCl3NOS. The summed E-state index contributed by atoms with van der Waals surface area (Å²) in [5, 5.41) is 2.54. The van der Waals surface area contributed by atoms with E-state index in [1.807, 2.05) is 6.07 Å². The molecule has 15 heavy (non-hydrogen) atoms. The summed E-state index contributed by atoms with van der Waals surface area (Å²) in [6.45, 7) is 0. The van der Waals surface area contributed by atoms with Gasteiger partial charge in [0.25, 0.3) is 9.57 Å². The molecule has 0 saturated carbocycles. The summed E-state index contributed by atoms with van der Waals surface area (Å²) in [6.07, 6.45) is 0. The highest BCUT2D eigenvalue weighted by atomic mass is 79.9. The van der Waals surface area contributed by atoms with Crippen LogP contribution < -0.4 is 5.32 Å². The molecule has 7 heteroatoms. The molecule has 0 bridgehead atoms. The van der Waals surface area contributed by atoms with Gasteiger partial charge >= 0.3 is 0 Å². The maximum Gasteiger partial charge on any atom is 0.272 e. The predicted molar refractivity (Wildman–Crippen MR) is 70.7 cm³/mol. The lowest BCUT2D eigenvalue weighted by molar-refractivity contribution is -0.115. The van der Waals surface area contributed by atoms with Crippen LogP contribution in [0.5, 0.6) is 0 Å². The molecule has 0 unspecified atom stereocenters. The second-order valence-corrected chi connectivity index (χ2v) is 6.48. The van der Waals surface area contributed by atoms with Gasteiger partial charge in [-0.2, -0.15) is 0 Å². The average Bonchev–Trinajstić information content (AvgIpc) is 2.17. The van der Waals surface area contributed by atoms with Crippen LogP contribution in [0.25, 0.3) is 0 Å². The fraction of sp³-hybridized carbons (Fsp3) is 0.125. The van der Waals surface area contributed by atoms with Crippen molar-refractivity contribution in [3.63, 3.8) is 0 Å². The van der Waals surface area contributed by atoms with E-state index in [-0.39, 0.29) is 0 Å². The Morgan fingerprint density at radius 2 is 2.13 bits per heavy atom. The number of alkyl halides is 2. The molecule has 1 aromatic carbocycles. The molecule has 0 heterocycles. The first-order valence-electron chi connectivity index (χ1n) is 3.70. The molecule has 2 nitrogen and oxygen atoms in total. The summed E-state index contributed by atoms with van der Waals surface area (Å²) >= 11 is 14.5. The molecule has 0 aliphatic rings. The van der Waals surface area contributed by atoms with E-state index in [9.17, 15) is 4.79 Å². The minimum atomic E-state index is -1.69. The molecule has 1 aromatic rings. The summed E-state index contributed by atoms with van der Waals surface area (Å²) in [5.74, 6) is -0.580. The van der Waals surface area contributed by atoms with Crippen LogP contribution in [-0.2, 0) is 4.79 Å². The van der Waals surface area contributed by atoms with Crippen LogP contribution in [0.2, 0.25) is 0 Å². The van der Waals surface area contributed by atoms with Crippen LogP contribution in [0, 0.1) is 0 Å². The third-order valence-electron chi connectivity index (χ3n) is 1.44. The van der Waals surface area contributed by atoms with Gasteiger partial charge in [0.15, 0.2) is 0 Å². The number of anilines is 1. The molecule has 0 aromatic heterocycles. The van der Waals surface area contributed by atoms with Crippen molar-refractivity contribution in [3.8, 4) is 0 Å². The zero-order chi connectivity index (χ0) is 11.5. The molecule has 82 valence electrons. The molecule has 0 atom stereocenters. The lowest BCUT2D eigenvalue weighted by Gasteiger charge is -2.14. The Balaban J connectivity index is 2.75. The van der Waals surface area contributed by atoms with Gasteiger partial charge in [-0.1, -0.05) is 45.2 Å². The van der Waals surface area contributed by atoms with Crippen LogP contribution in [0.4, 0.5) is 5.69 Å². The van der Waals surface area contributed by atoms with Crippen molar-refractivity contribution in [2.24, 2.45) is 0 Å². The third kappa shape index (κ3) is 4.04. The summed E-state index contributed by atoms with van der Waals surface area (Å²) in [5.41, 5.74) is 0.589. The standard InChI is InChI=1S/C8H5BrCl3NOS/c9-5-2-1-3-6(4-5)13-7(14)8(10,11)15-12/h1-4H,(H,13,14). The van der Waals surface area contributed by atoms with E-state index in [0.29, 0.717) is 16.7 Å². The molecule has 0 saturated heterocycles. The zero-order valence-corrected chi connectivity index (χ0v) is 11.8. The Bertz CT molecular complexity index is 375. The summed E-state index contributed by atoms with van der Waals surface area (Å²) < 4.78 is -0.849. The Morgan fingerprint density at radius 3 is 2.67 bits per heavy atom. The molecular weight excluding hydrogens is 344 g/mol. The Morgan fingerprint density at radius 1 is 1.47 bits per heavy atom. The number of halogens is 4. The van der Waals surface area contributed by atoms with Crippen LogP contribution in [0.3, 0.4) is 0 Å². The first-order chi connectivity index (χ1) is 6.95. The number of carbonyl (C=O) groups is 1. The molecule has 1 amide bonds. The highest BCUT2D eigenvalue weighted by Gasteiger charge is 2.34. The highest BCUT2D eigenvalue weighted by Crippen LogP contribution is 2.38. The highest BCUT2D eigenvalue weighted by molar-refractivity contribution is 9.10. The van der Waals surface area contributed by atoms with Gasteiger partial charge in [0, 0.05) is 10.2 Å². The minimum Gasteiger partial charge on any atom is -0.323 e. The monoisotopic (exact) mass is 347 g/mol. The SMILES string of the molecule is O=C(Nc1cccc(Br)c1)C(Cl)(Cl)SCl. The van der Waals surface area contributed by atoms with Gasteiger partial charge < -0.3 is 5.32 Å². The number of rotatable bonds is 3. The Hall–Kier alpha value is 0.390. The van der Waals surface area contributed by atoms with Crippen molar-refractivity contribution in [2.75, 3.05) is 5.32 Å². The van der Waals surface area contributed by atoms with E-state index in [1.165, 1.54) is 0 Å². The number of nitrogens with one attached hydrogen (secondary N) is 1. The zero-order valence-electron chi connectivity index (χ0n) is 7.14. The van der Waals surface area contributed by atoms with E-state index in [4.69, 9.17) is 33.9 Å². The maximum absolute atomic E-state index is 11.5. The van der Waals surface area contributed by atoms with Gasteiger partial charge in [-0.3, -0.25) is 4.79 Å². The normalized spacial score (nSPS) is 11.2. The number of amides is 1. The van der Waals surface area contributed by atoms with Crippen LogP contribution in [-0.4, -0.2) is 9.57 Å².